The lowest BCUT2D eigenvalue weighted by molar-refractivity contribution is -0.0942. The third kappa shape index (κ3) is 3.19. The van der Waals surface area contributed by atoms with Crippen molar-refractivity contribution < 1.29 is 9.47 Å². The molecule has 0 spiro atoms. The number of hydrogen-bond acceptors (Lipinski definition) is 2. The Labute approximate surface area is 156 Å². The van der Waals surface area contributed by atoms with E-state index in [0.717, 1.165) is 12.4 Å². The van der Waals surface area contributed by atoms with Gasteiger partial charge in [-0.15, -0.1) is 0 Å². The largest absolute Gasteiger partial charge is 0.489 e. The Bertz CT molecular complexity index is 780. The van der Waals surface area contributed by atoms with E-state index in [2.05, 4.69) is 57.2 Å². The highest BCUT2D eigenvalue weighted by Crippen LogP contribution is 2.51. The summed E-state index contributed by atoms with van der Waals surface area (Å²) >= 11 is 0. The van der Waals surface area contributed by atoms with Crippen molar-refractivity contribution in [3.05, 3.63) is 77.4 Å². The van der Waals surface area contributed by atoms with Crippen LogP contribution in [0.1, 0.15) is 38.0 Å². The number of allylic oxidation sites excluding steroid dienone is 1. The highest BCUT2D eigenvalue weighted by atomic mass is 16.5. The second kappa shape index (κ2) is 7.28. The van der Waals surface area contributed by atoms with Gasteiger partial charge in [-0.1, -0.05) is 74.0 Å². The molecule has 2 aromatic carbocycles. The van der Waals surface area contributed by atoms with Crippen LogP contribution >= 0.6 is 0 Å². The van der Waals surface area contributed by atoms with Crippen LogP contribution in [0.3, 0.4) is 0 Å². The van der Waals surface area contributed by atoms with Crippen molar-refractivity contribution in [2.45, 2.75) is 33.5 Å². The topological polar surface area (TPSA) is 18.5 Å². The smallest absolute Gasteiger partial charge is 0.125 e. The summed E-state index contributed by atoms with van der Waals surface area (Å²) in [5.41, 5.74) is 3.83. The van der Waals surface area contributed by atoms with Gasteiger partial charge in [0.1, 0.15) is 12.4 Å². The molecule has 0 saturated carbocycles. The van der Waals surface area contributed by atoms with Gasteiger partial charge in [0.05, 0.1) is 12.7 Å². The third-order valence-electron chi connectivity index (χ3n) is 6.23. The average molecular weight is 348 g/mol. The van der Waals surface area contributed by atoms with E-state index in [1.54, 1.807) is 0 Å². The van der Waals surface area contributed by atoms with Gasteiger partial charge in [-0.3, -0.25) is 0 Å². The molecule has 1 saturated heterocycles. The SMILES string of the molecule is CC1=C[C@H](C)[C@H]2CO[C@H](c3ccccc3OCc3ccccc3)[C@@H]1[C@@H]2C. The van der Waals surface area contributed by atoms with Gasteiger partial charge in [0.2, 0.25) is 0 Å². The van der Waals surface area contributed by atoms with Crippen LogP contribution in [0, 0.1) is 23.7 Å². The van der Waals surface area contributed by atoms with Crippen molar-refractivity contribution in [3.63, 3.8) is 0 Å². The van der Waals surface area contributed by atoms with E-state index in [9.17, 15) is 0 Å². The first-order valence-corrected chi connectivity index (χ1v) is 9.70. The lowest BCUT2D eigenvalue weighted by atomic mass is 9.64. The molecule has 2 nitrogen and oxygen atoms in total. The van der Waals surface area contributed by atoms with E-state index in [0.29, 0.717) is 30.3 Å². The van der Waals surface area contributed by atoms with Gasteiger partial charge in [-0.2, -0.15) is 0 Å². The summed E-state index contributed by atoms with van der Waals surface area (Å²) in [4.78, 5) is 0. The monoisotopic (exact) mass is 348 g/mol. The fourth-order valence-electron chi connectivity index (χ4n) is 4.81. The van der Waals surface area contributed by atoms with Crippen molar-refractivity contribution in [1.82, 2.24) is 0 Å². The molecule has 0 unspecified atom stereocenters. The van der Waals surface area contributed by atoms with Crippen LogP contribution in [0.4, 0.5) is 0 Å². The lowest BCUT2D eigenvalue weighted by Crippen LogP contribution is -2.42. The van der Waals surface area contributed by atoms with Crippen molar-refractivity contribution in [3.8, 4) is 5.75 Å². The molecule has 1 fully saturated rings. The molecule has 2 aliphatic rings. The molecule has 4 rings (SSSR count). The number of para-hydroxylation sites is 1. The van der Waals surface area contributed by atoms with Crippen LogP contribution in [0.5, 0.6) is 5.75 Å². The van der Waals surface area contributed by atoms with E-state index in [1.807, 2.05) is 24.3 Å². The molecule has 136 valence electrons. The summed E-state index contributed by atoms with van der Waals surface area (Å²) < 4.78 is 12.6. The molecule has 0 amide bonds. The van der Waals surface area contributed by atoms with Crippen LogP contribution in [0.15, 0.2) is 66.2 Å². The van der Waals surface area contributed by atoms with Gasteiger partial charge in [0.25, 0.3) is 0 Å². The van der Waals surface area contributed by atoms with E-state index >= 15 is 0 Å². The zero-order valence-corrected chi connectivity index (χ0v) is 15.9. The minimum Gasteiger partial charge on any atom is -0.489 e. The molecule has 1 aliphatic heterocycles. The molecule has 2 aromatic rings. The maximum atomic E-state index is 6.41. The average Bonchev–Trinajstić information content (AvgIpc) is 2.65. The number of benzene rings is 2. The second-order valence-electron chi connectivity index (χ2n) is 7.88. The predicted octanol–water partition coefficient (Wildman–Crippen LogP) is 5.80. The molecule has 0 N–H and O–H groups in total. The molecule has 2 bridgehead atoms. The first kappa shape index (κ1) is 17.4. The lowest BCUT2D eigenvalue weighted by Gasteiger charge is -2.47. The number of rotatable bonds is 4. The first-order chi connectivity index (χ1) is 12.6. The Morgan fingerprint density at radius 2 is 1.73 bits per heavy atom. The molecule has 26 heavy (non-hydrogen) atoms. The van der Waals surface area contributed by atoms with E-state index < -0.39 is 0 Å². The molecule has 1 heterocycles. The van der Waals surface area contributed by atoms with Crippen LogP contribution in [-0.2, 0) is 11.3 Å². The normalized spacial score (nSPS) is 30.6. The van der Waals surface area contributed by atoms with Crippen molar-refractivity contribution in [2.75, 3.05) is 6.61 Å². The molecule has 0 aromatic heterocycles. The Hall–Kier alpha value is -2.06. The fraction of sp³-hybridized carbons (Fsp3) is 0.417. The summed E-state index contributed by atoms with van der Waals surface area (Å²) in [5, 5.41) is 0. The molecule has 5 atom stereocenters. The van der Waals surface area contributed by atoms with Crippen LogP contribution in [0.25, 0.3) is 0 Å². The summed E-state index contributed by atoms with van der Waals surface area (Å²) in [6.45, 7) is 8.40. The zero-order chi connectivity index (χ0) is 18.1. The Morgan fingerprint density at radius 3 is 2.54 bits per heavy atom. The Kier molecular flexibility index (Phi) is 4.86. The molecular formula is C24H28O2. The number of hydrogen-bond donors (Lipinski definition) is 0. The van der Waals surface area contributed by atoms with Crippen LogP contribution in [0.2, 0.25) is 0 Å². The summed E-state index contributed by atoms with van der Waals surface area (Å²) in [6, 6.07) is 18.7. The van der Waals surface area contributed by atoms with Gasteiger partial charge < -0.3 is 9.47 Å². The number of fused-ring (bicyclic) bond motifs is 2. The quantitative estimate of drug-likeness (QED) is 0.650. The standard InChI is InChI=1S/C24H28O2/c1-16-13-17(2)23-18(3)21(16)15-26-24(23)20-11-7-8-12-22(20)25-14-19-9-5-4-6-10-19/h4-13,16,18,21,23-24H,14-15H2,1-3H3/t16-,18+,21+,23-,24+/m0/s1. The summed E-state index contributed by atoms with van der Waals surface area (Å²) in [5.74, 6) is 3.24. The molecular weight excluding hydrogens is 320 g/mol. The molecule has 1 aliphatic carbocycles. The number of ether oxygens (including phenoxy) is 2. The van der Waals surface area contributed by atoms with E-state index in [4.69, 9.17) is 9.47 Å². The zero-order valence-electron chi connectivity index (χ0n) is 15.9. The Morgan fingerprint density at radius 1 is 1.00 bits per heavy atom. The first-order valence-electron chi connectivity index (χ1n) is 9.70. The van der Waals surface area contributed by atoms with Crippen molar-refractivity contribution in [2.24, 2.45) is 23.7 Å². The second-order valence-corrected chi connectivity index (χ2v) is 7.88. The summed E-state index contributed by atoms with van der Waals surface area (Å²) in [7, 11) is 0. The molecule has 0 radical (unpaired) electrons. The van der Waals surface area contributed by atoms with Gasteiger partial charge in [0, 0.05) is 11.5 Å². The summed E-state index contributed by atoms with van der Waals surface area (Å²) in [6.07, 6.45) is 2.54. The highest BCUT2D eigenvalue weighted by Gasteiger charge is 2.44. The van der Waals surface area contributed by atoms with Crippen LogP contribution < -0.4 is 4.74 Å². The van der Waals surface area contributed by atoms with E-state index in [-0.39, 0.29) is 6.10 Å². The van der Waals surface area contributed by atoms with E-state index in [1.165, 1.54) is 16.7 Å². The van der Waals surface area contributed by atoms with Crippen molar-refractivity contribution in [1.29, 1.82) is 0 Å². The minimum absolute atomic E-state index is 0.0805. The fourth-order valence-corrected chi connectivity index (χ4v) is 4.81. The van der Waals surface area contributed by atoms with Gasteiger partial charge in [-0.25, -0.2) is 0 Å². The maximum absolute atomic E-state index is 6.41. The van der Waals surface area contributed by atoms with Gasteiger partial charge >= 0.3 is 0 Å². The Balaban J connectivity index is 1.61. The minimum atomic E-state index is 0.0805. The predicted molar refractivity (Wildman–Crippen MR) is 105 cm³/mol. The van der Waals surface area contributed by atoms with Crippen LogP contribution in [-0.4, -0.2) is 6.61 Å². The van der Waals surface area contributed by atoms with Gasteiger partial charge in [0.15, 0.2) is 0 Å². The van der Waals surface area contributed by atoms with Gasteiger partial charge in [-0.05, 0) is 36.3 Å². The third-order valence-corrected chi connectivity index (χ3v) is 6.23. The van der Waals surface area contributed by atoms with Crippen molar-refractivity contribution >= 4 is 0 Å². The maximum Gasteiger partial charge on any atom is 0.125 e. The highest BCUT2D eigenvalue weighted by molar-refractivity contribution is 5.38. The molecule has 2 heteroatoms.